The van der Waals surface area contributed by atoms with Gasteiger partial charge in [-0.2, -0.15) is 5.10 Å². The Hall–Kier alpha value is -2.44. The maximum atomic E-state index is 13.8. The molecule has 0 fully saturated rings. The summed E-state index contributed by atoms with van der Waals surface area (Å²) in [4.78, 5) is 9.96. The highest BCUT2D eigenvalue weighted by Gasteiger charge is 2.21. The van der Waals surface area contributed by atoms with Crippen LogP contribution in [0.25, 0.3) is 0 Å². The number of aromatic nitrogens is 2. The van der Waals surface area contributed by atoms with Crippen LogP contribution in [0.4, 0.5) is 15.8 Å². The lowest BCUT2D eigenvalue weighted by molar-refractivity contribution is -0.385. The maximum Gasteiger partial charge on any atom is 0.272 e. The lowest BCUT2D eigenvalue weighted by Crippen LogP contribution is -2.27. The lowest BCUT2D eigenvalue weighted by atomic mass is 9.93. The van der Waals surface area contributed by atoms with E-state index in [2.05, 4.69) is 15.5 Å². The maximum absolute atomic E-state index is 13.8. The van der Waals surface area contributed by atoms with Crippen molar-refractivity contribution in [2.24, 2.45) is 0 Å². The molecule has 0 amide bonds. The molecule has 0 saturated heterocycles. The van der Waals surface area contributed by atoms with Crippen molar-refractivity contribution in [1.29, 1.82) is 0 Å². The fourth-order valence-electron chi connectivity index (χ4n) is 2.49. The van der Waals surface area contributed by atoms with E-state index < -0.39 is 10.7 Å². The number of nitrogens with one attached hydrogen (secondary N) is 2. The zero-order valence-corrected chi connectivity index (χ0v) is 10.6. The number of hydrogen-bond donors (Lipinski definition) is 2. The monoisotopic (exact) mass is 276 g/mol. The van der Waals surface area contributed by atoms with E-state index >= 15 is 0 Å². The molecule has 1 aliphatic carbocycles. The Morgan fingerprint density at radius 3 is 3.10 bits per heavy atom. The van der Waals surface area contributed by atoms with Gasteiger partial charge in [0, 0.05) is 17.8 Å². The number of non-ortho nitro benzene ring substituents is 1. The van der Waals surface area contributed by atoms with Crippen molar-refractivity contribution in [2.75, 3.05) is 5.32 Å². The summed E-state index contributed by atoms with van der Waals surface area (Å²) in [6, 6.07) is 3.76. The van der Waals surface area contributed by atoms with E-state index in [0.29, 0.717) is 5.69 Å². The molecule has 0 spiro atoms. The summed E-state index contributed by atoms with van der Waals surface area (Å²) in [5, 5.41) is 20.6. The van der Waals surface area contributed by atoms with E-state index in [9.17, 15) is 14.5 Å². The molecule has 1 heterocycles. The first-order chi connectivity index (χ1) is 9.63. The van der Waals surface area contributed by atoms with Gasteiger partial charge in [0.2, 0.25) is 0 Å². The van der Waals surface area contributed by atoms with Crippen LogP contribution in [-0.4, -0.2) is 21.2 Å². The highest BCUT2D eigenvalue weighted by molar-refractivity contribution is 5.51. The van der Waals surface area contributed by atoms with Gasteiger partial charge in [-0.15, -0.1) is 0 Å². The molecular formula is C13H13FN4O2. The molecule has 1 aromatic carbocycles. The van der Waals surface area contributed by atoms with Gasteiger partial charge in [0.1, 0.15) is 0 Å². The molecule has 2 aromatic rings. The summed E-state index contributed by atoms with van der Waals surface area (Å²) >= 11 is 0. The Labute approximate surface area is 114 Å². The minimum atomic E-state index is -0.606. The van der Waals surface area contributed by atoms with Gasteiger partial charge < -0.3 is 5.32 Å². The van der Waals surface area contributed by atoms with Crippen molar-refractivity contribution >= 4 is 11.4 Å². The molecule has 1 unspecified atom stereocenters. The number of nitrogens with zero attached hydrogens (tertiary/aromatic N) is 2. The van der Waals surface area contributed by atoms with Crippen molar-refractivity contribution in [2.45, 2.75) is 25.3 Å². The van der Waals surface area contributed by atoms with Crippen molar-refractivity contribution in [1.82, 2.24) is 10.2 Å². The summed E-state index contributed by atoms with van der Waals surface area (Å²) in [5.74, 6) is -0.600. The summed E-state index contributed by atoms with van der Waals surface area (Å²) in [5.41, 5.74) is 2.32. The minimum absolute atomic E-state index is 0.107. The van der Waals surface area contributed by atoms with Crippen LogP contribution in [0.5, 0.6) is 0 Å². The van der Waals surface area contributed by atoms with E-state index in [0.717, 1.165) is 36.6 Å². The molecule has 20 heavy (non-hydrogen) atoms. The molecule has 3 rings (SSSR count). The van der Waals surface area contributed by atoms with Crippen LogP contribution < -0.4 is 5.32 Å². The van der Waals surface area contributed by atoms with Crippen LogP contribution in [0, 0.1) is 15.9 Å². The van der Waals surface area contributed by atoms with Crippen LogP contribution in [0.3, 0.4) is 0 Å². The van der Waals surface area contributed by atoms with Crippen LogP contribution >= 0.6 is 0 Å². The Bertz CT molecular complexity index is 656. The average Bonchev–Trinajstić information content (AvgIpc) is 2.88. The average molecular weight is 276 g/mol. The van der Waals surface area contributed by atoms with E-state index in [-0.39, 0.29) is 11.7 Å². The number of anilines is 1. The fourth-order valence-corrected chi connectivity index (χ4v) is 2.49. The molecule has 104 valence electrons. The third-order valence-electron chi connectivity index (χ3n) is 3.54. The summed E-state index contributed by atoms with van der Waals surface area (Å²) < 4.78 is 13.8. The molecule has 7 heteroatoms. The number of nitro groups is 1. The number of aryl methyl sites for hydroxylation is 1. The number of aromatic amines is 1. The first-order valence-corrected chi connectivity index (χ1v) is 6.35. The van der Waals surface area contributed by atoms with E-state index in [4.69, 9.17) is 0 Å². The molecular weight excluding hydrogens is 263 g/mol. The quantitative estimate of drug-likeness (QED) is 0.666. The summed E-state index contributed by atoms with van der Waals surface area (Å²) in [6.07, 6.45) is 4.28. The number of benzene rings is 1. The van der Waals surface area contributed by atoms with Crippen molar-refractivity contribution in [3.05, 3.63) is 51.6 Å². The molecule has 1 atom stereocenters. The Kier molecular flexibility index (Phi) is 3.09. The van der Waals surface area contributed by atoms with Gasteiger partial charge in [-0.1, -0.05) is 0 Å². The largest absolute Gasteiger partial charge is 0.380 e. The Morgan fingerprint density at radius 2 is 2.35 bits per heavy atom. The predicted molar refractivity (Wildman–Crippen MR) is 71.1 cm³/mol. The second kappa shape index (κ2) is 4.92. The highest BCUT2D eigenvalue weighted by Crippen LogP contribution is 2.25. The number of halogens is 1. The van der Waals surface area contributed by atoms with Crippen LogP contribution in [0.2, 0.25) is 0 Å². The molecule has 6 nitrogen and oxygen atoms in total. The summed E-state index contributed by atoms with van der Waals surface area (Å²) in [7, 11) is 0. The number of rotatable bonds is 3. The fraction of sp³-hybridized carbons (Fsp3) is 0.308. The van der Waals surface area contributed by atoms with Crippen molar-refractivity contribution in [3.63, 3.8) is 0 Å². The second-order valence-corrected chi connectivity index (χ2v) is 4.88. The normalized spacial score (nSPS) is 17.6. The molecule has 0 aliphatic heterocycles. The molecule has 2 N–H and O–H groups in total. The van der Waals surface area contributed by atoms with Gasteiger partial charge in [-0.25, -0.2) is 4.39 Å². The molecule has 0 bridgehead atoms. The predicted octanol–water partition coefficient (Wildman–Crippen LogP) is 2.43. The SMILES string of the molecule is O=[N+]([O-])c1ccc(NC2CCc3[nH]ncc3C2)c(F)c1. The number of hydrogen-bond acceptors (Lipinski definition) is 4. The standard InChI is InChI=1S/C13H13FN4O2/c14-11-6-10(18(19)20)2-4-13(11)16-9-1-3-12-8(5-9)7-15-17-12/h2,4,6-7,9,16H,1,3,5H2,(H,15,17). The topological polar surface area (TPSA) is 83.9 Å². The second-order valence-electron chi connectivity index (χ2n) is 4.88. The van der Waals surface area contributed by atoms with Gasteiger partial charge in [0.25, 0.3) is 5.69 Å². The van der Waals surface area contributed by atoms with Crippen LogP contribution in [-0.2, 0) is 12.8 Å². The Morgan fingerprint density at radius 1 is 1.50 bits per heavy atom. The third kappa shape index (κ3) is 2.34. The smallest absolute Gasteiger partial charge is 0.272 e. The summed E-state index contributed by atoms with van der Waals surface area (Å²) in [6.45, 7) is 0. The lowest BCUT2D eigenvalue weighted by Gasteiger charge is -2.24. The number of H-pyrrole nitrogens is 1. The minimum Gasteiger partial charge on any atom is -0.380 e. The molecule has 1 aromatic heterocycles. The highest BCUT2D eigenvalue weighted by atomic mass is 19.1. The molecule has 1 aliphatic rings. The van der Waals surface area contributed by atoms with Gasteiger partial charge in [-0.05, 0) is 30.9 Å². The van der Waals surface area contributed by atoms with Crippen LogP contribution in [0.15, 0.2) is 24.4 Å². The Balaban J connectivity index is 1.74. The van der Waals surface area contributed by atoms with Gasteiger partial charge in [0.15, 0.2) is 5.82 Å². The first kappa shape index (κ1) is 12.6. The van der Waals surface area contributed by atoms with E-state index in [1.54, 1.807) is 6.20 Å². The first-order valence-electron chi connectivity index (χ1n) is 6.35. The van der Waals surface area contributed by atoms with Gasteiger partial charge in [-0.3, -0.25) is 15.2 Å². The number of nitro benzene ring substituents is 1. The van der Waals surface area contributed by atoms with Gasteiger partial charge >= 0.3 is 0 Å². The van der Waals surface area contributed by atoms with Crippen molar-refractivity contribution < 1.29 is 9.31 Å². The zero-order chi connectivity index (χ0) is 14.1. The van der Waals surface area contributed by atoms with Gasteiger partial charge in [0.05, 0.1) is 22.9 Å². The van der Waals surface area contributed by atoms with Crippen LogP contribution in [0.1, 0.15) is 17.7 Å². The van der Waals surface area contributed by atoms with Crippen molar-refractivity contribution in [3.8, 4) is 0 Å². The number of fused-ring (bicyclic) bond motifs is 1. The van der Waals surface area contributed by atoms with E-state index in [1.165, 1.54) is 12.1 Å². The zero-order valence-electron chi connectivity index (χ0n) is 10.6. The molecule has 0 saturated carbocycles. The third-order valence-corrected chi connectivity index (χ3v) is 3.54. The molecule has 0 radical (unpaired) electrons. The van der Waals surface area contributed by atoms with E-state index in [1.807, 2.05) is 0 Å².